The van der Waals surface area contributed by atoms with Crippen LogP contribution in [0.4, 0.5) is 0 Å². The van der Waals surface area contributed by atoms with Crippen molar-refractivity contribution in [1.82, 2.24) is 0 Å². The summed E-state index contributed by atoms with van der Waals surface area (Å²) in [6.07, 6.45) is 0.0497. The molecule has 0 saturated carbocycles. The Balaban J connectivity index is 2.66. The van der Waals surface area contributed by atoms with Gasteiger partial charge < -0.3 is 5.11 Å². The topological polar surface area (TPSA) is 54.4 Å². The minimum atomic E-state index is -1.06. The van der Waals surface area contributed by atoms with E-state index in [-0.39, 0.29) is 12.2 Å². The lowest BCUT2D eigenvalue weighted by atomic mass is 9.84. The lowest BCUT2D eigenvalue weighted by Gasteiger charge is -2.18. The monoisotopic (exact) mass is 268 g/mol. The number of aliphatic carboxylic acids is 1. The molecule has 0 amide bonds. The molecule has 1 aliphatic rings. The summed E-state index contributed by atoms with van der Waals surface area (Å²) in [5, 5.41) is 9.14. The summed E-state index contributed by atoms with van der Waals surface area (Å²) in [5.74, 6) is -1.05. The molecule has 0 fully saturated rings. The zero-order valence-electron chi connectivity index (χ0n) is 8.08. The smallest absolute Gasteiger partial charge is 0.314 e. The molecule has 0 spiro atoms. The largest absolute Gasteiger partial charge is 0.481 e. The molecule has 1 aromatic carbocycles. The van der Waals surface area contributed by atoms with Gasteiger partial charge in [-0.3, -0.25) is 9.59 Å². The van der Waals surface area contributed by atoms with E-state index in [1.807, 2.05) is 0 Å². The van der Waals surface area contributed by atoms with Gasteiger partial charge in [-0.25, -0.2) is 0 Å². The lowest BCUT2D eigenvalue weighted by molar-refractivity contribution is -0.142. The van der Waals surface area contributed by atoms with Crippen LogP contribution in [0.5, 0.6) is 0 Å². The highest BCUT2D eigenvalue weighted by atomic mass is 79.9. The fourth-order valence-electron chi connectivity index (χ4n) is 1.93. The molecule has 1 N–H and O–H groups in total. The number of ketones is 1. The van der Waals surface area contributed by atoms with Gasteiger partial charge in [0, 0.05) is 16.5 Å². The van der Waals surface area contributed by atoms with E-state index in [2.05, 4.69) is 15.9 Å². The summed E-state index contributed by atoms with van der Waals surface area (Å²) in [5.41, 5.74) is 0.0742. The fraction of sp³-hybridized carbons (Fsp3) is 0.273. The van der Waals surface area contributed by atoms with Crippen LogP contribution in [0, 0.1) is 0 Å². The molecule has 0 heterocycles. The van der Waals surface area contributed by atoms with E-state index in [0.717, 1.165) is 4.47 Å². The molecule has 4 heteroatoms. The number of fused-ring (bicyclic) bond motifs is 1. The molecule has 78 valence electrons. The highest BCUT2D eigenvalue weighted by Crippen LogP contribution is 2.39. The Morgan fingerprint density at radius 1 is 1.53 bits per heavy atom. The summed E-state index contributed by atoms with van der Waals surface area (Å²) in [6.45, 7) is 1.59. The standard InChI is InChI=1S/C11H9BrO3/c1-11(10(14)15)5-9(13)7-4-6(12)2-3-8(7)11/h2-4H,5H2,1H3,(H,14,15)/t11-/m1/s1. The van der Waals surface area contributed by atoms with Crippen molar-refractivity contribution in [2.75, 3.05) is 0 Å². The number of benzene rings is 1. The first-order valence-electron chi connectivity index (χ1n) is 4.52. The zero-order chi connectivity index (χ0) is 11.2. The van der Waals surface area contributed by atoms with Crippen molar-refractivity contribution in [2.45, 2.75) is 18.8 Å². The number of hydrogen-bond donors (Lipinski definition) is 1. The minimum absolute atomic E-state index is 0.0497. The second-order valence-electron chi connectivity index (χ2n) is 3.93. The van der Waals surface area contributed by atoms with Crippen molar-refractivity contribution in [1.29, 1.82) is 0 Å². The number of carbonyl (C=O) groups excluding carboxylic acids is 1. The third-order valence-electron chi connectivity index (χ3n) is 2.86. The van der Waals surface area contributed by atoms with Crippen molar-refractivity contribution in [3.63, 3.8) is 0 Å². The predicted octanol–water partition coefficient (Wildman–Crippen LogP) is 2.38. The second kappa shape index (κ2) is 3.17. The maximum atomic E-state index is 11.7. The van der Waals surface area contributed by atoms with Crippen molar-refractivity contribution < 1.29 is 14.7 Å². The summed E-state index contributed by atoms with van der Waals surface area (Å²) >= 11 is 3.27. The van der Waals surface area contributed by atoms with Crippen LogP contribution in [0.3, 0.4) is 0 Å². The first-order valence-corrected chi connectivity index (χ1v) is 5.31. The third kappa shape index (κ3) is 1.40. The van der Waals surface area contributed by atoms with Crippen LogP contribution >= 0.6 is 15.9 Å². The van der Waals surface area contributed by atoms with E-state index in [9.17, 15) is 9.59 Å². The second-order valence-corrected chi connectivity index (χ2v) is 4.84. The fourth-order valence-corrected chi connectivity index (χ4v) is 2.29. The molecule has 0 aromatic heterocycles. The van der Waals surface area contributed by atoms with Crippen molar-refractivity contribution >= 4 is 27.7 Å². The molecule has 0 saturated heterocycles. The Hall–Kier alpha value is -1.16. The molecule has 2 rings (SSSR count). The van der Waals surface area contributed by atoms with E-state index < -0.39 is 11.4 Å². The molecule has 1 aliphatic carbocycles. The number of carboxylic acid groups (broad SMARTS) is 1. The number of hydrogen-bond acceptors (Lipinski definition) is 2. The first-order chi connectivity index (χ1) is 6.95. The van der Waals surface area contributed by atoms with E-state index in [1.54, 1.807) is 25.1 Å². The van der Waals surface area contributed by atoms with Gasteiger partial charge in [0.2, 0.25) is 0 Å². The summed E-state index contributed by atoms with van der Waals surface area (Å²) in [4.78, 5) is 22.8. The van der Waals surface area contributed by atoms with Gasteiger partial charge in [0.25, 0.3) is 0 Å². The van der Waals surface area contributed by atoms with Crippen LogP contribution in [0.2, 0.25) is 0 Å². The highest BCUT2D eigenvalue weighted by Gasteiger charge is 2.45. The zero-order valence-corrected chi connectivity index (χ0v) is 9.67. The molecule has 15 heavy (non-hydrogen) atoms. The third-order valence-corrected chi connectivity index (χ3v) is 3.36. The van der Waals surface area contributed by atoms with Gasteiger partial charge in [-0.05, 0) is 24.6 Å². The van der Waals surface area contributed by atoms with E-state index in [0.29, 0.717) is 11.1 Å². The van der Waals surface area contributed by atoms with Gasteiger partial charge in [-0.1, -0.05) is 22.0 Å². The van der Waals surface area contributed by atoms with Gasteiger partial charge in [0.1, 0.15) is 0 Å². The van der Waals surface area contributed by atoms with Crippen LogP contribution in [0.15, 0.2) is 22.7 Å². The Labute approximate surface area is 95.2 Å². The molecule has 0 radical (unpaired) electrons. The first kappa shape index (κ1) is 10.4. The Morgan fingerprint density at radius 3 is 2.80 bits per heavy atom. The van der Waals surface area contributed by atoms with E-state index in [1.165, 1.54) is 0 Å². The minimum Gasteiger partial charge on any atom is -0.481 e. The van der Waals surface area contributed by atoms with Crippen molar-refractivity contribution in [3.05, 3.63) is 33.8 Å². The summed E-state index contributed by atoms with van der Waals surface area (Å²) in [6, 6.07) is 5.16. The summed E-state index contributed by atoms with van der Waals surface area (Å²) < 4.78 is 0.796. The number of halogens is 1. The number of Topliss-reactive ketones (excluding diaryl/α,β-unsaturated/α-hetero) is 1. The molecular weight excluding hydrogens is 260 g/mol. The van der Waals surface area contributed by atoms with Gasteiger partial charge in [0.05, 0.1) is 5.41 Å². The highest BCUT2D eigenvalue weighted by molar-refractivity contribution is 9.10. The molecule has 1 atom stereocenters. The van der Waals surface area contributed by atoms with Gasteiger partial charge in [0.15, 0.2) is 5.78 Å². The molecule has 1 aromatic rings. The Kier molecular flexibility index (Phi) is 2.19. The average molecular weight is 269 g/mol. The van der Waals surface area contributed by atoms with Crippen LogP contribution in [-0.4, -0.2) is 16.9 Å². The maximum absolute atomic E-state index is 11.7. The normalized spacial score (nSPS) is 24.0. The number of carboxylic acids is 1. The quantitative estimate of drug-likeness (QED) is 0.851. The van der Waals surface area contributed by atoms with Crippen LogP contribution in [0.1, 0.15) is 29.3 Å². The van der Waals surface area contributed by atoms with Gasteiger partial charge in [-0.15, -0.1) is 0 Å². The molecular formula is C11H9BrO3. The molecule has 0 unspecified atom stereocenters. The van der Waals surface area contributed by atoms with Crippen molar-refractivity contribution in [2.24, 2.45) is 0 Å². The predicted molar refractivity (Wildman–Crippen MR) is 58.1 cm³/mol. The number of rotatable bonds is 1. The maximum Gasteiger partial charge on any atom is 0.314 e. The Morgan fingerprint density at radius 2 is 2.20 bits per heavy atom. The summed E-state index contributed by atoms with van der Waals surface area (Å²) in [7, 11) is 0. The SMILES string of the molecule is C[C@@]1(C(=O)O)CC(=O)c2cc(Br)ccc21. The Bertz CT molecular complexity index is 467. The number of carbonyl (C=O) groups is 2. The lowest BCUT2D eigenvalue weighted by Crippen LogP contribution is -2.29. The van der Waals surface area contributed by atoms with Crippen LogP contribution < -0.4 is 0 Å². The van der Waals surface area contributed by atoms with E-state index in [4.69, 9.17) is 5.11 Å². The van der Waals surface area contributed by atoms with Crippen LogP contribution in [-0.2, 0) is 10.2 Å². The van der Waals surface area contributed by atoms with Gasteiger partial charge >= 0.3 is 5.97 Å². The average Bonchev–Trinajstić information content (AvgIpc) is 2.40. The molecule has 0 aliphatic heterocycles. The molecule has 3 nitrogen and oxygen atoms in total. The molecule has 0 bridgehead atoms. The van der Waals surface area contributed by atoms with Crippen LogP contribution in [0.25, 0.3) is 0 Å². The van der Waals surface area contributed by atoms with E-state index >= 15 is 0 Å². The van der Waals surface area contributed by atoms with Crippen molar-refractivity contribution in [3.8, 4) is 0 Å². The van der Waals surface area contributed by atoms with Gasteiger partial charge in [-0.2, -0.15) is 0 Å².